The van der Waals surface area contributed by atoms with E-state index in [1.165, 1.54) is 10.0 Å². The molecule has 2 aliphatic heterocycles. The maximum Gasteiger partial charge on any atom is 0.274 e. The second-order valence-corrected chi connectivity index (χ2v) is 8.78. The Kier molecular flexibility index (Phi) is 9.18. The van der Waals surface area contributed by atoms with E-state index in [4.69, 9.17) is 11.5 Å². The summed E-state index contributed by atoms with van der Waals surface area (Å²) in [5.41, 5.74) is 11.9. The topological polar surface area (TPSA) is 139 Å². The number of rotatable bonds is 12. The molecule has 174 valence electrons. The summed E-state index contributed by atoms with van der Waals surface area (Å²) in [6.45, 7) is 6.96. The van der Waals surface area contributed by atoms with E-state index < -0.39 is 23.9 Å². The fourth-order valence-corrected chi connectivity index (χ4v) is 4.12. The number of hydrogen-bond acceptors (Lipinski definition) is 6. The first-order chi connectivity index (χ1) is 14.7. The lowest BCUT2D eigenvalue weighted by Gasteiger charge is -2.42. The number of nitrogens with two attached hydrogens (primary N) is 2. The number of fused-ring (bicyclic) bond motifs is 1. The van der Waals surface area contributed by atoms with Crippen molar-refractivity contribution in [2.75, 3.05) is 13.1 Å². The van der Waals surface area contributed by atoms with Crippen LogP contribution in [0.2, 0.25) is 0 Å². The first-order valence-electron chi connectivity index (χ1n) is 11.3. The normalized spacial score (nSPS) is 23.3. The first kappa shape index (κ1) is 25.0. The van der Waals surface area contributed by atoms with Gasteiger partial charge in [-0.1, -0.05) is 19.9 Å². The highest BCUT2D eigenvalue weighted by molar-refractivity contribution is 6.13. The van der Waals surface area contributed by atoms with Gasteiger partial charge in [0.15, 0.2) is 11.8 Å². The molecule has 3 amide bonds. The summed E-state index contributed by atoms with van der Waals surface area (Å²) in [5.74, 6) is -1.20. The molecule has 0 spiro atoms. The Bertz CT molecular complexity index is 721. The Balaban J connectivity index is 2.26. The average Bonchev–Trinajstić information content (AvgIpc) is 2.95. The largest absolute Gasteiger partial charge is 0.336 e. The molecule has 0 aliphatic carbocycles. The molecule has 0 aromatic carbocycles. The minimum atomic E-state index is -1.29. The molecule has 0 bridgehead atoms. The molecule has 0 radical (unpaired) electrons. The summed E-state index contributed by atoms with van der Waals surface area (Å²) < 4.78 is 0. The van der Waals surface area contributed by atoms with Crippen molar-refractivity contribution in [3.8, 4) is 0 Å². The molecule has 1 saturated heterocycles. The minimum Gasteiger partial charge on any atom is -0.336 e. The third kappa shape index (κ3) is 5.92. The van der Waals surface area contributed by atoms with Crippen LogP contribution in [-0.4, -0.2) is 64.7 Å². The fraction of sp³-hybridized carbons (Fsp3) is 0.727. The van der Waals surface area contributed by atoms with Crippen LogP contribution in [0.5, 0.6) is 0 Å². The zero-order chi connectivity index (χ0) is 23.1. The van der Waals surface area contributed by atoms with Crippen molar-refractivity contribution in [3.05, 3.63) is 11.6 Å². The molecular formula is C22H37N5O4. The van der Waals surface area contributed by atoms with Gasteiger partial charge in [-0.05, 0) is 63.6 Å². The second kappa shape index (κ2) is 11.4. The number of Topliss-reactive ketones (excluding diaryl/α,β-unsaturated/α-hetero) is 1. The average molecular weight is 436 g/mol. The van der Waals surface area contributed by atoms with Gasteiger partial charge in [-0.25, -0.2) is 10.0 Å². The van der Waals surface area contributed by atoms with Gasteiger partial charge in [0.25, 0.3) is 11.8 Å². The SMILES string of the molecule is CC(C)CC1=CC(C(=O)CCCCN)N2C(=O)C(NC(=O)CCCCN)C(=O)N2C1C. The number of hydrogen-bond donors (Lipinski definition) is 3. The molecule has 1 fully saturated rings. The van der Waals surface area contributed by atoms with Gasteiger partial charge >= 0.3 is 0 Å². The summed E-state index contributed by atoms with van der Waals surface area (Å²) in [4.78, 5) is 51.6. The van der Waals surface area contributed by atoms with Crippen molar-refractivity contribution in [1.29, 1.82) is 0 Å². The van der Waals surface area contributed by atoms with Crippen LogP contribution in [0.4, 0.5) is 0 Å². The van der Waals surface area contributed by atoms with E-state index in [2.05, 4.69) is 19.2 Å². The van der Waals surface area contributed by atoms with Gasteiger partial charge in [0, 0.05) is 12.8 Å². The van der Waals surface area contributed by atoms with Crippen molar-refractivity contribution < 1.29 is 19.2 Å². The second-order valence-electron chi connectivity index (χ2n) is 8.78. The predicted molar refractivity (Wildman–Crippen MR) is 117 cm³/mol. The van der Waals surface area contributed by atoms with Gasteiger partial charge in [0.05, 0.1) is 6.04 Å². The number of amides is 3. The molecule has 9 nitrogen and oxygen atoms in total. The van der Waals surface area contributed by atoms with E-state index >= 15 is 0 Å². The lowest BCUT2D eigenvalue weighted by Crippen LogP contribution is -2.57. The van der Waals surface area contributed by atoms with E-state index in [9.17, 15) is 19.2 Å². The molecule has 0 aromatic heterocycles. The highest BCUT2D eigenvalue weighted by atomic mass is 16.2. The van der Waals surface area contributed by atoms with Crippen LogP contribution in [0, 0.1) is 5.92 Å². The van der Waals surface area contributed by atoms with Crippen LogP contribution in [-0.2, 0) is 19.2 Å². The Morgan fingerprint density at radius 3 is 2.16 bits per heavy atom. The highest BCUT2D eigenvalue weighted by Gasteiger charge is 2.54. The Hall–Kier alpha value is -2.26. The fourth-order valence-electron chi connectivity index (χ4n) is 4.12. The molecule has 0 saturated carbocycles. The number of carbonyl (C=O) groups excluding carboxylic acids is 4. The maximum atomic E-state index is 13.2. The lowest BCUT2D eigenvalue weighted by atomic mass is 9.91. The molecule has 5 N–H and O–H groups in total. The number of ketones is 1. The number of carbonyl (C=O) groups is 4. The molecule has 2 heterocycles. The van der Waals surface area contributed by atoms with Crippen LogP contribution < -0.4 is 16.8 Å². The van der Waals surface area contributed by atoms with Crippen LogP contribution in [0.3, 0.4) is 0 Å². The molecule has 2 rings (SSSR count). The number of nitrogens with one attached hydrogen (secondary N) is 1. The Labute approximate surface area is 184 Å². The number of unbranched alkanes of at least 4 members (excludes halogenated alkanes) is 2. The Morgan fingerprint density at radius 2 is 1.58 bits per heavy atom. The Morgan fingerprint density at radius 1 is 1.00 bits per heavy atom. The van der Waals surface area contributed by atoms with Crippen molar-refractivity contribution in [1.82, 2.24) is 15.3 Å². The van der Waals surface area contributed by atoms with E-state index in [1.54, 1.807) is 0 Å². The monoisotopic (exact) mass is 435 g/mol. The quantitative estimate of drug-likeness (QED) is 0.233. The molecule has 9 heteroatoms. The van der Waals surface area contributed by atoms with E-state index in [0.717, 1.165) is 18.4 Å². The van der Waals surface area contributed by atoms with Crippen molar-refractivity contribution in [2.45, 2.75) is 83.8 Å². The van der Waals surface area contributed by atoms with Crippen molar-refractivity contribution in [2.24, 2.45) is 17.4 Å². The van der Waals surface area contributed by atoms with Gasteiger partial charge in [-0.15, -0.1) is 0 Å². The molecule has 3 unspecified atom stereocenters. The number of hydrazine groups is 1. The summed E-state index contributed by atoms with van der Waals surface area (Å²) >= 11 is 0. The summed E-state index contributed by atoms with van der Waals surface area (Å²) in [6.07, 6.45) is 5.66. The van der Waals surface area contributed by atoms with Crippen LogP contribution in [0.1, 0.15) is 65.7 Å². The zero-order valence-corrected chi connectivity index (χ0v) is 18.9. The van der Waals surface area contributed by atoms with Gasteiger partial charge in [-0.2, -0.15) is 0 Å². The first-order valence-corrected chi connectivity index (χ1v) is 11.3. The molecule has 31 heavy (non-hydrogen) atoms. The zero-order valence-electron chi connectivity index (χ0n) is 18.9. The van der Waals surface area contributed by atoms with Gasteiger partial charge < -0.3 is 16.8 Å². The van der Waals surface area contributed by atoms with Gasteiger partial charge in [-0.3, -0.25) is 19.2 Å². The summed E-state index contributed by atoms with van der Waals surface area (Å²) in [5, 5.41) is 5.20. The molecule has 0 aromatic rings. The third-order valence-corrected chi connectivity index (χ3v) is 5.73. The maximum absolute atomic E-state index is 13.2. The van der Waals surface area contributed by atoms with Gasteiger partial charge in [0.2, 0.25) is 5.91 Å². The standard InChI is InChI=1S/C22H37N5O4/c1-14(2)12-16-13-17(18(28)8-4-6-10-23)27-22(31)20(21(30)26(27)15(16)3)25-19(29)9-5-7-11-24/h13-15,17,20H,4-12,23-24H2,1-3H3,(H,25,29). The molecule has 2 aliphatic rings. The molecular weight excluding hydrogens is 398 g/mol. The van der Waals surface area contributed by atoms with E-state index in [1.807, 2.05) is 13.0 Å². The van der Waals surface area contributed by atoms with Crippen LogP contribution >= 0.6 is 0 Å². The molecule has 3 atom stereocenters. The third-order valence-electron chi connectivity index (χ3n) is 5.73. The minimum absolute atomic E-state index is 0.123. The summed E-state index contributed by atoms with van der Waals surface area (Å²) in [7, 11) is 0. The van der Waals surface area contributed by atoms with Crippen molar-refractivity contribution >= 4 is 23.5 Å². The van der Waals surface area contributed by atoms with Crippen LogP contribution in [0.25, 0.3) is 0 Å². The lowest BCUT2D eigenvalue weighted by molar-refractivity contribution is -0.158. The highest BCUT2D eigenvalue weighted by Crippen LogP contribution is 2.33. The van der Waals surface area contributed by atoms with Gasteiger partial charge in [0.1, 0.15) is 6.04 Å². The predicted octanol–water partition coefficient (Wildman–Crippen LogP) is 0.627. The smallest absolute Gasteiger partial charge is 0.274 e. The van der Waals surface area contributed by atoms with Crippen LogP contribution in [0.15, 0.2) is 11.6 Å². The van der Waals surface area contributed by atoms with E-state index in [0.29, 0.717) is 38.3 Å². The van der Waals surface area contributed by atoms with Crippen molar-refractivity contribution in [3.63, 3.8) is 0 Å². The van der Waals surface area contributed by atoms with E-state index in [-0.39, 0.29) is 30.6 Å². The number of nitrogens with zero attached hydrogens (tertiary/aromatic N) is 2. The summed E-state index contributed by atoms with van der Waals surface area (Å²) in [6, 6.07) is -2.48.